The van der Waals surface area contributed by atoms with Crippen molar-refractivity contribution >= 4 is 5.69 Å². The lowest BCUT2D eigenvalue weighted by molar-refractivity contribution is 0.441. The van der Waals surface area contributed by atoms with Crippen LogP contribution in [0.2, 0.25) is 0 Å². The topological polar surface area (TPSA) is 26.0 Å². The van der Waals surface area contributed by atoms with Crippen LogP contribution in [0.15, 0.2) is 24.3 Å². The molecule has 27 heavy (non-hydrogen) atoms. The average Bonchev–Trinajstić information content (AvgIpc) is 2.65. The SMILES string of the molecule is CCCCCCCCCCCCCCCCCC(C)(C)c1ccc(N)cc1. The van der Waals surface area contributed by atoms with Gasteiger partial charge in [0.05, 0.1) is 0 Å². The first-order chi connectivity index (χ1) is 13.1. The Hall–Kier alpha value is -0.980. The summed E-state index contributed by atoms with van der Waals surface area (Å²) in [5, 5.41) is 0. The number of hydrogen-bond donors (Lipinski definition) is 1. The molecule has 0 saturated heterocycles. The van der Waals surface area contributed by atoms with E-state index in [0.717, 1.165) is 5.69 Å². The quantitative estimate of drug-likeness (QED) is 0.214. The van der Waals surface area contributed by atoms with Crippen LogP contribution in [0.4, 0.5) is 5.69 Å². The predicted octanol–water partition coefficient (Wildman–Crippen LogP) is 8.81. The lowest BCUT2D eigenvalue weighted by Crippen LogP contribution is -2.16. The molecule has 1 aromatic carbocycles. The van der Waals surface area contributed by atoms with Gasteiger partial charge in [0.25, 0.3) is 0 Å². The van der Waals surface area contributed by atoms with Gasteiger partial charge in [-0.05, 0) is 29.5 Å². The minimum atomic E-state index is 0.268. The summed E-state index contributed by atoms with van der Waals surface area (Å²) in [7, 11) is 0. The number of rotatable bonds is 17. The first-order valence-corrected chi connectivity index (χ1v) is 11.9. The van der Waals surface area contributed by atoms with E-state index in [9.17, 15) is 0 Å². The van der Waals surface area contributed by atoms with Gasteiger partial charge in [-0.25, -0.2) is 0 Å². The van der Waals surface area contributed by atoms with Gasteiger partial charge in [0, 0.05) is 5.69 Å². The molecule has 0 aliphatic carbocycles. The van der Waals surface area contributed by atoms with Crippen molar-refractivity contribution in [2.75, 3.05) is 5.73 Å². The molecule has 0 atom stereocenters. The number of anilines is 1. The molecule has 0 bridgehead atoms. The van der Waals surface area contributed by atoms with Crippen molar-refractivity contribution in [3.8, 4) is 0 Å². The molecular formula is C26H47N. The Balaban J connectivity index is 1.89. The fraction of sp³-hybridized carbons (Fsp3) is 0.769. The van der Waals surface area contributed by atoms with Crippen molar-refractivity contribution in [2.45, 2.75) is 129 Å². The fourth-order valence-electron chi connectivity index (χ4n) is 4.02. The highest BCUT2D eigenvalue weighted by atomic mass is 14.5. The van der Waals surface area contributed by atoms with Gasteiger partial charge < -0.3 is 5.73 Å². The fourth-order valence-corrected chi connectivity index (χ4v) is 4.02. The van der Waals surface area contributed by atoms with E-state index in [-0.39, 0.29) is 5.41 Å². The normalized spacial score (nSPS) is 11.8. The van der Waals surface area contributed by atoms with Crippen LogP contribution < -0.4 is 5.73 Å². The summed E-state index contributed by atoms with van der Waals surface area (Å²) < 4.78 is 0. The Kier molecular flexibility index (Phi) is 13.4. The van der Waals surface area contributed by atoms with Gasteiger partial charge in [-0.15, -0.1) is 0 Å². The third-order valence-corrected chi connectivity index (χ3v) is 6.10. The monoisotopic (exact) mass is 373 g/mol. The van der Waals surface area contributed by atoms with Gasteiger partial charge in [0.1, 0.15) is 0 Å². The average molecular weight is 374 g/mol. The largest absolute Gasteiger partial charge is 0.399 e. The maximum absolute atomic E-state index is 5.81. The number of benzene rings is 1. The van der Waals surface area contributed by atoms with Crippen LogP contribution in [-0.4, -0.2) is 0 Å². The molecule has 1 nitrogen and oxygen atoms in total. The smallest absolute Gasteiger partial charge is 0.0314 e. The maximum atomic E-state index is 5.81. The molecule has 0 radical (unpaired) electrons. The highest BCUT2D eigenvalue weighted by Crippen LogP contribution is 2.30. The Morgan fingerprint density at radius 2 is 0.963 bits per heavy atom. The van der Waals surface area contributed by atoms with Crippen molar-refractivity contribution in [1.29, 1.82) is 0 Å². The molecule has 0 aromatic heterocycles. The molecule has 0 aliphatic rings. The summed E-state index contributed by atoms with van der Waals surface area (Å²) >= 11 is 0. The molecule has 1 aromatic rings. The van der Waals surface area contributed by atoms with Crippen LogP contribution in [0.25, 0.3) is 0 Å². The third kappa shape index (κ3) is 12.2. The van der Waals surface area contributed by atoms with Gasteiger partial charge in [0.2, 0.25) is 0 Å². The summed E-state index contributed by atoms with van der Waals surface area (Å²) in [6.45, 7) is 7.02. The summed E-state index contributed by atoms with van der Waals surface area (Å²) in [5.74, 6) is 0. The molecular weight excluding hydrogens is 326 g/mol. The first-order valence-electron chi connectivity index (χ1n) is 11.9. The molecule has 2 N–H and O–H groups in total. The van der Waals surface area contributed by atoms with Crippen LogP contribution in [0.3, 0.4) is 0 Å². The molecule has 0 amide bonds. The second kappa shape index (κ2) is 15.0. The maximum Gasteiger partial charge on any atom is 0.0314 e. The van der Waals surface area contributed by atoms with Gasteiger partial charge in [-0.3, -0.25) is 0 Å². The van der Waals surface area contributed by atoms with E-state index >= 15 is 0 Å². The predicted molar refractivity (Wildman–Crippen MR) is 123 cm³/mol. The van der Waals surface area contributed by atoms with E-state index in [2.05, 4.69) is 32.9 Å². The molecule has 1 rings (SSSR count). The van der Waals surface area contributed by atoms with Crippen molar-refractivity contribution in [2.24, 2.45) is 0 Å². The Labute approximate surface area is 170 Å². The van der Waals surface area contributed by atoms with E-state index in [1.165, 1.54) is 108 Å². The molecule has 0 aliphatic heterocycles. The summed E-state index contributed by atoms with van der Waals surface area (Å²) in [6.07, 6.45) is 22.8. The van der Waals surface area contributed by atoms with Crippen LogP contribution in [0.1, 0.15) is 129 Å². The molecule has 0 fully saturated rings. The zero-order valence-corrected chi connectivity index (χ0v) is 18.7. The van der Waals surface area contributed by atoms with Gasteiger partial charge in [0.15, 0.2) is 0 Å². The van der Waals surface area contributed by atoms with E-state index < -0.39 is 0 Å². The molecule has 0 spiro atoms. The molecule has 156 valence electrons. The second-order valence-electron chi connectivity index (χ2n) is 9.21. The van der Waals surface area contributed by atoms with Crippen LogP contribution >= 0.6 is 0 Å². The van der Waals surface area contributed by atoms with Crippen LogP contribution in [0.5, 0.6) is 0 Å². The number of nitrogen functional groups attached to an aromatic ring is 1. The van der Waals surface area contributed by atoms with Crippen LogP contribution in [-0.2, 0) is 5.41 Å². The Morgan fingerprint density at radius 3 is 1.37 bits per heavy atom. The first kappa shape index (κ1) is 24.1. The van der Waals surface area contributed by atoms with Crippen molar-refractivity contribution < 1.29 is 0 Å². The highest BCUT2D eigenvalue weighted by molar-refractivity contribution is 5.41. The summed E-state index contributed by atoms with van der Waals surface area (Å²) in [5.41, 5.74) is 8.35. The Bertz CT molecular complexity index is 446. The van der Waals surface area contributed by atoms with Crippen molar-refractivity contribution in [3.05, 3.63) is 29.8 Å². The van der Waals surface area contributed by atoms with Gasteiger partial charge in [-0.2, -0.15) is 0 Å². The molecule has 0 saturated carbocycles. The van der Waals surface area contributed by atoms with Crippen molar-refractivity contribution in [3.63, 3.8) is 0 Å². The molecule has 0 heterocycles. The third-order valence-electron chi connectivity index (χ3n) is 6.10. The van der Waals surface area contributed by atoms with Gasteiger partial charge in [-0.1, -0.05) is 129 Å². The van der Waals surface area contributed by atoms with Crippen LogP contribution in [0, 0.1) is 0 Å². The molecule has 1 heteroatoms. The van der Waals surface area contributed by atoms with E-state index in [0.29, 0.717) is 0 Å². The number of nitrogens with two attached hydrogens (primary N) is 1. The Morgan fingerprint density at radius 1 is 0.593 bits per heavy atom. The zero-order valence-electron chi connectivity index (χ0n) is 18.7. The van der Waals surface area contributed by atoms with E-state index in [4.69, 9.17) is 5.73 Å². The number of unbranched alkanes of at least 4 members (excludes halogenated alkanes) is 14. The summed E-state index contributed by atoms with van der Waals surface area (Å²) in [6, 6.07) is 8.45. The minimum Gasteiger partial charge on any atom is -0.399 e. The summed E-state index contributed by atoms with van der Waals surface area (Å²) in [4.78, 5) is 0. The minimum absolute atomic E-state index is 0.268. The standard InChI is InChI=1S/C26H47N/c1-4-5-6-7-8-9-10-11-12-13-14-15-16-17-18-23-26(2,3)24-19-21-25(27)22-20-24/h19-22H,4-18,23,27H2,1-3H3. The van der Waals surface area contributed by atoms with Crippen molar-refractivity contribution in [1.82, 2.24) is 0 Å². The lowest BCUT2D eigenvalue weighted by Gasteiger charge is -2.25. The zero-order chi connectivity index (χ0) is 19.8. The van der Waals surface area contributed by atoms with E-state index in [1.54, 1.807) is 0 Å². The van der Waals surface area contributed by atoms with Gasteiger partial charge >= 0.3 is 0 Å². The molecule has 0 unspecified atom stereocenters. The lowest BCUT2D eigenvalue weighted by atomic mass is 9.80. The second-order valence-corrected chi connectivity index (χ2v) is 9.21. The van der Waals surface area contributed by atoms with E-state index in [1.807, 2.05) is 12.1 Å². The number of hydrogen-bond acceptors (Lipinski definition) is 1. The highest BCUT2D eigenvalue weighted by Gasteiger charge is 2.19.